The van der Waals surface area contributed by atoms with Gasteiger partial charge < -0.3 is 9.84 Å². The molecule has 274 valence electrons. The van der Waals surface area contributed by atoms with Crippen LogP contribution in [0.15, 0.2) is 36.0 Å². The van der Waals surface area contributed by atoms with Crippen LogP contribution >= 0.6 is 0 Å². The molecule has 0 amide bonds. The van der Waals surface area contributed by atoms with Crippen LogP contribution in [0.4, 0.5) is 0 Å². The molecule has 0 heterocycles. The second kappa shape index (κ2) is 19.3. The number of hydrogen-bond donors (Lipinski definition) is 1. The van der Waals surface area contributed by atoms with Gasteiger partial charge in [-0.15, -0.1) is 0 Å². The molecule has 48 heavy (non-hydrogen) atoms. The number of aliphatic hydroxyl groups excluding tert-OH is 1. The Morgan fingerprint density at radius 3 is 2.48 bits per heavy atom. The van der Waals surface area contributed by atoms with E-state index in [1.165, 1.54) is 89.9 Å². The maximum absolute atomic E-state index is 12.8. The van der Waals surface area contributed by atoms with Gasteiger partial charge >= 0.3 is 5.97 Å². The Kier molecular flexibility index (Phi) is 15.9. The molecule has 0 unspecified atom stereocenters. The largest absolute Gasteiger partial charge is 0.462 e. The summed E-state index contributed by atoms with van der Waals surface area (Å²) in [6.45, 7) is 14.8. The molecule has 0 bridgehead atoms. The fourth-order valence-electron chi connectivity index (χ4n) is 11.1. The maximum atomic E-state index is 12.8. The number of ether oxygens (including phenoxy) is 1. The fraction of sp³-hybridized carbons (Fsp3) is 0.844. The van der Waals surface area contributed by atoms with Gasteiger partial charge in [-0.05, 0) is 117 Å². The SMILES string of the molecule is CCCCC[C@@H](O)/C=C/C=C\CCCCCCCC(=O)O[C@H]1CC[C@@]2(C)C(=CC[C@H]3[C@@H]4CC[C@H]([C@H](C)CCCC(C)C)[C@@]4(C)CC[C@@H]32)C1. The maximum Gasteiger partial charge on any atom is 0.306 e. The summed E-state index contributed by atoms with van der Waals surface area (Å²) < 4.78 is 6.11. The molecule has 3 nitrogen and oxygen atoms in total. The quantitative estimate of drug-likeness (QED) is 0.0610. The van der Waals surface area contributed by atoms with E-state index in [9.17, 15) is 9.90 Å². The molecular formula is C45H76O3. The summed E-state index contributed by atoms with van der Waals surface area (Å²) in [4.78, 5) is 12.8. The summed E-state index contributed by atoms with van der Waals surface area (Å²) in [6.07, 6.45) is 36.6. The van der Waals surface area contributed by atoms with Gasteiger partial charge in [0.05, 0.1) is 6.10 Å². The lowest BCUT2D eigenvalue weighted by molar-refractivity contribution is -0.151. The third kappa shape index (κ3) is 10.6. The van der Waals surface area contributed by atoms with Gasteiger partial charge in [0.1, 0.15) is 6.10 Å². The first-order chi connectivity index (χ1) is 23.1. The van der Waals surface area contributed by atoms with E-state index in [4.69, 9.17) is 4.74 Å². The molecule has 4 rings (SSSR count). The topological polar surface area (TPSA) is 46.5 Å². The highest BCUT2D eigenvalue weighted by Gasteiger charge is 2.59. The first-order valence-corrected chi connectivity index (χ1v) is 21.0. The van der Waals surface area contributed by atoms with E-state index in [0.717, 1.165) is 80.5 Å². The minimum Gasteiger partial charge on any atom is -0.462 e. The third-order valence-corrected chi connectivity index (χ3v) is 14.0. The predicted octanol–water partition coefficient (Wildman–Crippen LogP) is 12.7. The van der Waals surface area contributed by atoms with Crippen molar-refractivity contribution in [2.24, 2.45) is 46.3 Å². The average Bonchev–Trinajstić information content (AvgIpc) is 3.41. The number of hydrogen-bond acceptors (Lipinski definition) is 3. The first kappa shape index (κ1) is 39.4. The second-order valence-electron chi connectivity index (χ2n) is 17.8. The van der Waals surface area contributed by atoms with Crippen molar-refractivity contribution in [2.45, 2.75) is 195 Å². The van der Waals surface area contributed by atoms with Crippen molar-refractivity contribution < 1.29 is 14.6 Å². The van der Waals surface area contributed by atoms with Crippen LogP contribution in [-0.2, 0) is 9.53 Å². The van der Waals surface area contributed by atoms with Crippen molar-refractivity contribution in [3.05, 3.63) is 36.0 Å². The number of fused-ring (bicyclic) bond motifs is 5. The predicted molar refractivity (Wildman–Crippen MR) is 204 cm³/mol. The standard InChI is InChI=1S/C45H76O3/c1-7-8-16-22-37(46)23-17-14-12-10-9-11-13-15-18-24-43(47)48-38-29-31-44(5)36(33-38)25-26-39-41-28-27-40(35(4)21-19-20-34(2)3)45(41,6)32-30-42(39)44/h12,14,17,23,25,34-35,37-42,46H,7-11,13,15-16,18-22,24,26-33H2,1-6H3/b14-12-,23-17+/t35-,37-,38+,39+,40-,41+,42+,44+,45-/m1/s1. The molecule has 0 saturated heterocycles. The lowest BCUT2D eigenvalue weighted by Crippen LogP contribution is -2.51. The Morgan fingerprint density at radius 1 is 0.896 bits per heavy atom. The molecule has 0 aromatic heterocycles. The van der Waals surface area contributed by atoms with Crippen LogP contribution in [0.2, 0.25) is 0 Å². The Morgan fingerprint density at radius 2 is 1.69 bits per heavy atom. The zero-order chi connectivity index (χ0) is 34.6. The van der Waals surface area contributed by atoms with Crippen molar-refractivity contribution in [2.75, 3.05) is 0 Å². The highest BCUT2D eigenvalue weighted by atomic mass is 16.5. The van der Waals surface area contributed by atoms with Crippen molar-refractivity contribution >= 4 is 5.97 Å². The summed E-state index contributed by atoms with van der Waals surface area (Å²) >= 11 is 0. The van der Waals surface area contributed by atoms with Crippen molar-refractivity contribution in [3.63, 3.8) is 0 Å². The van der Waals surface area contributed by atoms with Gasteiger partial charge in [-0.25, -0.2) is 0 Å². The third-order valence-electron chi connectivity index (χ3n) is 14.0. The number of esters is 1. The van der Waals surface area contributed by atoms with Crippen LogP contribution in [0.25, 0.3) is 0 Å². The summed E-state index contributed by atoms with van der Waals surface area (Å²) in [6, 6.07) is 0. The Bertz CT molecular complexity index is 1050. The van der Waals surface area contributed by atoms with Crippen LogP contribution in [0, 0.1) is 46.3 Å². The Hall–Kier alpha value is -1.35. The van der Waals surface area contributed by atoms with Crippen LogP contribution < -0.4 is 0 Å². The molecule has 9 atom stereocenters. The number of carbonyl (C=O) groups is 1. The first-order valence-electron chi connectivity index (χ1n) is 21.0. The summed E-state index contributed by atoms with van der Waals surface area (Å²) in [5.74, 6) is 5.22. The van der Waals surface area contributed by atoms with E-state index in [1.54, 1.807) is 5.57 Å². The average molecular weight is 665 g/mol. The monoisotopic (exact) mass is 665 g/mol. The Labute approximate surface area is 297 Å². The fourth-order valence-corrected chi connectivity index (χ4v) is 11.1. The number of aliphatic hydroxyl groups is 1. The van der Waals surface area contributed by atoms with Crippen LogP contribution in [-0.4, -0.2) is 23.3 Å². The molecule has 3 fully saturated rings. The molecule has 0 aliphatic heterocycles. The molecule has 0 aromatic rings. The van der Waals surface area contributed by atoms with Gasteiger partial charge in [0.25, 0.3) is 0 Å². The minimum absolute atomic E-state index is 0.0254. The van der Waals surface area contributed by atoms with Gasteiger partial charge in [0.2, 0.25) is 0 Å². The van der Waals surface area contributed by atoms with Crippen molar-refractivity contribution in [1.82, 2.24) is 0 Å². The van der Waals surface area contributed by atoms with Crippen molar-refractivity contribution in [1.29, 1.82) is 0 Å². The molecule has 4 aliphatic rings. The number of carbonyl (C=O) groups excluding carboxylic acids is 1. The highest BCUT2D eigenvalue weighted by molar-refractivity contribution is 5.69. The highest BCUT2D eigenvalue weighted by Crippen LogP contribution is 2.67. The number of unbranched alkanes of at least 4 members (excludes halogenated alkanes) is 7. The lowest BCUT2D eigenvalue weighted by atomic mass is 9.47. The molecule has 0 spiro atoms. The van der Waals surface area contributed by atoms with E-state index >= 15 is 0 Å². The number of rotatable bonds is 20. The van der Waals surface area contributed by atoms with Crippen molar-refractivity contribution in [3.8, 4) is 0 Å². The van der Waals surface area contributed by atoms with Gasteiger partial charge in [-0.1, -0.05) is 135 Å². The molecule has 3 saturated carbocycles. The molecule has 0 aromatic carbocycles. The molecule has 4 aliphatic carbocycles. The van der Waals surface area contributed by atoms with Gasteiger partial charge in [0, 0.05) is 12.8 Å². The summed E-state index contributed by atoms with van der Waals surface area (Å²) in [7, 11) is 0. The van der Waals surface area contributed by atoms with Gasteiger partial charge in [-0.3, -0.25) is 4.79 Å². The van der Waals surface area contributed by atoms with Crippen LogP contribution in [0.1, 0.15) is 183 Å². The van der Waals surface area contributed by atoms with Gasteiger partial charge in [0.15, 0.2) is 0 Å². The van der Waals surface area contributed by atoms with Crippen LogP contribution in [0.5, 0.6) is 0 Å². The molecular weight excluding hydrogens is 588 g/mol. The summed E-state index contributed by atoms with van der Waals surface area (Å²) in [5.41, 5.74) is 2.48. The zero-order valence-electron chi connectivity index (χ0n) is 32.3. The van der Waals surface area contributed by atoms with E-state index < -0.39 is 0 Å². The van der Waals surface area contributed by atoms with Crippen LogP contribution in [0.3, 0.4) is 0 Å². The minimum atomic E-state index is -0.310. The van der Waals surface area contributed by atoms with E-state index in [1.807, 2.05) is 12.2 Å². The smallest absolute Gasteiger partial charge is 0.306 e. The zero-order valence-corrected chi connectivity index (χ0v) is 32.3. The Balaban J connectivity index is 1.13. The molecule has 1 N–H and O–H groups in total. The number of allylic oxidation sites excluding steroid dienone is 4. The van der Waals surface area contributed by atoms with Gasteiger partial charge in [-0.2, -0.15) is 0 Å². The summed E-state index contributed by atoms with van der Waals surface area (Å²) in [5, 5.41) is 9.95. The second-order valence-corrected chi connectivity index (χ2v) is 17.8. The lowest BCUT2D eigenvalue weighted by Gasteiger charge is -2.58. The van der Waals surface area contributed by atoms with E-state index in [-0.39, 0.29) is 18.2 Å². The normalized spacial score (nSPS) is 33.0. The van der Waals surface area contributed by atoms with E-state index in [0.29, 0.717) is 17.3 Å². The molecule has 3 heteroatoms. The molecule has 0 radical (unpaired) electrons. The van der Waals surface area contributed by atoms with E-state index in [2.05, 4.69) is 59.8 Å².